The Morgan fingerprint density at radius 1 is 1.37 bits per heavy atom. The molecule has 0 saturated carbocycles. The van der Waals surface area contributed by atoms with Gasteiger partial charge in [-0.3, -0.25) is 0 Å². The number of rotatable bonds is 3. The summed E-state index contributed by atoms with van der Waals surface area (Å²) in [5.74, 6) is -0.808. The number of carbonyl (C=O) groups is 1. The molecule has 8 heteroatoms. The number of thioether (sulfide) groups is 1. The molecule has 0 spiro atoms. The van der Waals surface area contributed by atoms with Gasteiger partial charge in [0.2, 0.25) is 0 Å². The Kier molecular flexibility index (Phi) is 3.43. The molecular formula is C11H13N5O2S. The summed E-state index contributed by atoms with van der Waals surface area (Å²) in [4.78, 5) is 19.6. The van der Waals surface area contributed by atoms with Crippen molar-refractivity contribution in [1.82, 2.24) is 19.7 Å². The first-order valence-electron chi connectivity index (χ1n) is 5.42. The van der Waals surface area contributed by atoms with Gasteiger partial charge in [0, 0.05) is 11.4 Å². The van der Waals surface area contributed by atoms with Crippen LogP contribution in [0.25, 0.3) is 5.95 Å². The van der Waals surface area contributed by atoms with Crippen molar-refractivity contribution in [2.45, 2.75) is 18.9 Å². The molecule has 3 N–H and O–H groups in total. The maximum absolute atomic E-state index is 11.2. The summed E-state index contributed by atoms with van der Waals surface area (Å²) in [5.41, 5.74) is 7.35. The highest BCUT2D eigenvalue weighted by atomic mass is 32.2. The lowest BCUT2D eigenvalue weighted by Crippen LogP contribution is -2.10. The second kappa shape index (κ2) is 4.88. The fourth-order valence-corrected chi connectivity index (χ4v) is 2.27. The van der Waals surface area contributed by atoms with E-state index in [1.807, 2.05) is 19.9 Å². The second-order valence-corrected chi connectivity index (χ2v) is 4.73. The number of hydrogen-bond donors (Lipinski definition) is 2. The zero-order chi connectivity index (χ0) is 14.2. The zero-order valence-corrected chi connectivity index (χ0v) is 11.5. The second-order valence-electron chi connectivity index (χ2n) is 3.94. The highest BCUT2D eigenvalue weighted by molar-refractivity contribution is 7.98. The van der Waals surface area contributed by atoms with E-state index < -0.39 is 5.97 Å². The van der Waals surface area contributed by atoms with E-state index in [2.05, 4.69) is 15.1 Å². The molecule has 0 aliphatic rings. The molecule has 0 aliphatic heterocycles. The standard InChI is InChI=1S/C11H13N5O2S/c1-5-4-6(2)14-11(13-5)16-8(12)7(10(17)18)9(15-16)19-3/h4H,12H2,1-3H3,(H,17,18). The predicted molar refractivity (Wildman–Crippen MR) is 71.8 cm³/mol. The number of hydrogen-bond acceptors (Lipinski definition) is 6. The summed E-state index contributed by atoms with van der Waals surface area (Å²) in [6.07, 6.45) is 1.74. The normalized spacial score (nSPS) is 10.7. The van der Waals surface area contributed by atoms with Crippen LogP contribution >= 0.6 is 11.8 Å². The SMILES string of the molecule is CSc1nn(-c2nc(C)cc(C)n2)c(N)c1C(=O)O. The maximum Gasteiger partial charge on any atom is 0.342 e. The molecule has 2 heterocycles. The molecule has 0 aliphatic carbocycles. The van der Waals surface area contributed by atoms with Crippen molar-refractivity contribution >= 4 is 23.5 Å². The van der Waals surface area contributed by atoms with Gasteiger partial charge in [-0.25, -0.2) is 14.8 Å². The van der Waals surface area contributed by atoms with Crippen LogP contribution in [0.5, 0.6) is 0 Å². The molecule has 0 unspecified atom stereocenters. The topological polar surface area (TPSA) is 107 Å². The van der Waals surface area contributed by atoms with Gasteiger partial charge in [0.25, 0.3) is 5.95 Å². The van der Waals surface area contributed by atoms with Crippen molar-refractivity contribution < 1.29 is 9.90 Å². The monoisotopic (exact) mass is 279 g/mol. The minimum absolute atomic E-state index is 0.0183. The molecule has 2 aromatic rings. The van der Waals surface area contributed by atoms with E-state index in [1.165, 1.54) is 16.4 Å². The molecule has 0 fully saturated rings. The van der Waals surface area contributed by atoms with Crippen LogP contribution in [0, 0.1) is 13.8 Å². The van der Waals surface area contributed by atoms with Gasteiger partial charge in [0.1, 0.15) is 16.4 Å². The van der Waals surface area contributed by atoms with Gasteiger partial charge >= 0.3 is 5.97 Å². The van der Waals surface area contributed by atoms with Crippen LogP contribution in [0.4, 0.5) is 5.82 Å². The van der Waals surface area contributed by atoms with Crippen molar-refractivity contribution in [1.29, 1.82) is 0 Å². The first kappa shape index (κ1) is 13.3. The smallest absolute Gasteiger partial charge is 0.342 e. The molecule has 100 valence electrons. The van der Waals surface area contributed by atoms with Crippen molar-refractivity contribution in [3.63, 3.8) is 0 Å². The lowest BCUT2D eigenvalue weighted by molar-refractivity contribution is 0.0694. The Balaban J connectivity index is 2.66. The molecule has 0 aromatic carbocycles. The van der Waals surface area contributed by atoms with E-state index in [9.17, 15) is 4.79 Å². The summed E-state index contributed by atoms with van der Waals surface area (Å²) in [5, 5.41) is 13.7. The minimum atomic E-state index is -1.11. The molecule has 0 bridgehead atoms. The van der Waals surface area contributed by atoms with Crippen LogP contribution in [0.2, 0.25) is 0 Å². The van der Waals surface area contributed by atoms with Crippen molar-refractivity contribution in [3.8, 4) is 5.95 Å². The van der Waals surface area contributed by atoms with Crippen LogP contribution in [0.3, 0.4) is 0 Å². The summed E-state index contributed by atoms with van der Waals surface area (Å²) < 4.78 is 1.26. The average Bonchev–Trinajstić information content (AvgIpc) is 2.64. The van der Waals surface area contributed by atoms with Gasteiger partial charge in [0.15, 0.2) is 0 Å². The summed E-state index contributed by atoms with van der Waals surface area (Å²) in [6, 6.07) is 1.82. The number of nitrogen functional groups attached to an aromatic ring is 1. The number of anilines is 1. The van der Waals surface area contributed by atoms with Gasteiger partial charge in [-0.1, -0.05) is 0 Å². The summed E-state index contributed by atoms with van der Waals surface area (Å²) in [7, 11) is 0. The zero-order valence-electron chi connectivity index (χ0n) is 10.7. The third-order valence-corrected chi connectivity index (χ3v) is 3.13. The number of nitrogens with two attached hydrogens (primary N) is 1. The molecule has 2 rings (SSSR count). The quantitative estimate of drug-likeness (QED) is 0.815. The maximum atomic E-state index is 11.2. The molecule has 0 atom stereocenters. The van der Waals surface area contributed by atoms with Gasteiger partial charge in [-0.2, -0.15) is 9.78 Å². The van der Waals surface area contributed by atoms with E-state index in [1.54, 1.807) is 6.26 Å². The fourth-order valence-electron chi connectivity index (χ4n) is 1.71. The number of aromatic nitrogens is 4. The molecule has 19 heavy (non-hydrogen) atoms. The molecule has 0 radical (unpaired) electrons. The van der Waals surface area contributed by atoms with Crippen molar-refractivity contribution in [2.24, 2.45) is 0 Å². The van der Waals surface area contributed by atoms with Crippen LogP contribution in [-0.4, -0.2) is 37.1 Å². The molecule has 7 nitrogen and oxygen atoms in total. The largest absolute Gasteiger partial charge is 0.477 e. The van der Waals surface area contributed by atoms with E-state index >= 15 is 0 Å². The third kappa shape index (κ3) is 2.39. The lowest BCUT2D eigenvalue weighted by atomic mass is 10.3. The average molecular weight is 279 g/mol. The van der Waals surface area contributed by atoms with Crippen LogP contribution < -0.4 is 5.73 Å². The number of nitrogens with zero attached hydrogens (tertiary/aromatic N) is 4. The predicted octanol–water partition coefficient (Wildman–Crippen LogP) is 1.28. The highest BCUT2D eigenvalue weighted by Crippen LogP contribution is 2.26. The minimum Gasteiger partial charge on any atom is -0.477 e. The molecular weight excluding hydrogens is 266 g/mol. The van der Waals surface area contributed by atoms with Crippen LogP contribution in [0.1, 0.15) is 21.7 Å². The molecule has 2 aromatic heterocycles. The van der Waals surface area contributed by atoms with E-state index in [-0.39, 0.29) is 17.3 Å². The van der Waals surface area contributed by atoms with Gasteiger partial charge in [0.05, 0.1) is 0 Å². The van der Waals surface area contributed by atoms with Crippen LogP contribution in [-0.2, 0) is 0 Å². The first-order chi connectivity index (χ1) is 8.93. The Hall–Kier alpha value is -2.09. The van der Waals surface area contributed by atoms with Crippen LogP contribution in [0.15, 0.2) is 11.1 Å². The fraction of sp³-hybridized carbons (Fsp3) is 0.273. The van der Waals surface area contributed by atoms with Gasteiger partial charge in [-0.15, -0.1) is 11.8 Å². The van der Waals surface area contributed by atoms with Gasteiger partial charge < -0.3 is 10.8 Å². The molecule has 0 amide bonds. The molecule has 0 saturated heterocycles. The summed E-state index contributed by atoms with van der Waals surface area (Å²) >= 11 is 1.21. The summed E-state index contributed by atoms with van der Waals surface area (Å²) in [6.45, 7) is 3.65. The van der Waals surface area contributed by atoms with E-state index in [4.69, 9.17) is 10.8 Å². The van der Waals surface area contributed by atoms with Crippen molar-refractivity contribution in [2.75, 3.05) is 12.0 Å². The number of aryl methyl sites for hydroxylation is 2. The Bertz CT molecular complexity index is 633. The van der Waals surface area contributed by atoms with Crippen molar-refractivity contribution in [3.05, 3.63) is 23.0 Å². The number of carboxylic acids is 1. The Morgan fingerprint density at radius 3 is 2.37 bits per heavy atom. The Labute approximate surface area is 113 Å². The number of carboxylic acid groups (broad SMARTS) is 1. The number of aromatic carboxylic acids is 1. The Morgan fingerprint density at radius 2 is 1.95 bits per heavy atom. The van der Waals surface area contributed by atoms with Gasteiger partial charge in [-0.05, 0) is 26.2 Å². The highest BCUT2D eigenvalue weighted by Gasteiger charge is 2.23. The van der Waals surface area contributed by atoms with E-state index in [0.29, 0.717) is 5.03 Å². The first-order valence-corrected chi connectivity index (χ1v) is 6.65. The lowest BCUT2D eigenvalue weighted by Gasteiger charge is -2.04. The third-order valence-electron chi connectivity index (χ3n) is 2.46. The van der Waals surface area contributed by atoms with E-state index in [0.717, 1.165) is 11.4 Å².